The van der Waals surface area contributed by atoms with E-state index in [1.165, 1.54) is 12.8 Å². The SMILES string of the molecule is CCCCC(CC)C1C(=O)Nc2ccc(Br)cc21. The minimum absolute atomic E-state index is 0.0362. The summed E-state index contributed by atoms with van der Waals surface area (Å²) in [5, 5.41) is 3.01. The molecule has 1 aliphatic heterocycles. The van der Waals surface area contributed by atoms with Gasteiger partial charge in [-0.15, -0.1) is 0 Å². The van der Waals surface area contributed by atoms with Crippen LogP contribution in [0.15, 0.2) is 22.7 Å². The van der Waals surface area contributed by atoms with Crippen LogP contribution in [0.3, 0.4) is 0 Å². The highest BCUT2D eigenvalue weighted by Gasteiger charge is 2.35. The smallest absolute Gasteiger partial charge is 0.232 e. The first kappa shape index (κ1) is 13.6. The molecule has 0 aliphatic carbocycles. The third kappa shape index (κ3) is 2.61. The molecule has 18 heavy (non-hydrogen) atoms. The number of hydrogen-bond donors (Lipinski definition) is 1. The van der Waals surface area contributed by atoms with Crippen LogP contribution in [0, 0.1) is 5.92 Å². The fourth-order valence-electron chi connectivity index (χ4n) is 2.80. The lowest BCUT2D eigenvalue weighted by Gasteiger charge is -2.20. The van der Waals surface area contributed by atoms with Crippen molar-refractivity contribution in [2.24, 2.45) is 5.92 Å². The molecule has 1 aliphatic rings. The lowest BCUT2D eigenvalue weighted by atomic mass is 9.82. The summed E-state index contributed by atoms with van der Waals surface area (Å²) < 4.78 is 1.05. The minimum atomic E-state index is 0.0362. The normalized spacial score (nSPS) is 19.5. The average Bonchev–Trinajstić information content (AvgIpc) is 2.67. The van der Waals surface area contributed by atoms with Gasteiger partial charge in [-0.3, -0.25) is 4.79 Å². The molecule has 0 radical (unpaired) electrons. The molecule has 2 nitrogen and oxygen atoms in total. The summed E-state index contributed by atoms with van der Waals surface area (Å²) in [4.78, 5) is 12.2. The maximum atomic E-state index is 12.2. The highest BCUT2D eigenvalue weighted by molar-refractivity contribution is 9.10. The van der Waals surface area contributed by atoms with Gasteiger partial charge in [0.15, 0.2) is 0 Å². The van der Waals surface area contributed by atoms with Crippen molar-refractivity contribution >= 4 is 27.5 Å². The Morgan fingerprint density at radius 2 is 2.17 bits per heavy atom. The maximum absolute atomic E-state index is 12.2. The molecule has 2 atom stereocenters. The molecule has 1 aromatic carbocycles. The van der Waals surface area contributed by atoms with Gasteiger partial charge in [0.2, 0.25) is 5.91 Å². The van der Waals surface area contributed by atoms with E-state index in [-0.39, 0.29) is 11.8 Å². The first-order chi connectivity index (χ1) is 8.67. The molecule has 0 saturated carbocycles. The first-order valence-corrected chi connectivity index (χ1v) is 7.57. The van der Waals surface area contributed by atoms with Crippen LogP contribution in [-0.4, -0.2) is 5.91 Å². The van der Waals surface area contributed by atoms with Crippen molar-refractivity contribution in [1.82, 2.24) is 0 Å². The number of anilines is 1. The third-order valence-corrected chi connectivity index (χ3v) is 4.31. The van der Waals surface area contributed by atoms with E-state index in [1.54, 1.807) is 0 Å². The molecule has 2 rings (SSSR count). The van der Waals surface area contributed by atoms with Gasteiger partial charge in [-0.1, -0.05) is 49.0 Å². The van der Waals surface area contributed by atoms with Crippen LogP contribution in [0.4, 0.5) is 5.69 Å². The van der Waals surface area contributed by atoms with Crippen LogP contribution in [-0.2, 0) is 4.79 Å². The zero-order valence-corrected chi connectivity index (χ0v) is 12.6. The van der Waals surface area contributed by atoms with Crippen molar-refractivity contribution in [3.63, 3.8) is 0 Å². The number of carbonyl (C=O) groups is 1. The number of carbonyl (C=O) groups excluding carboxylic acids is 1. The summed E-state index contributed by atoms with van der Waals surface area (Å²) >= 11 is 3.50. The summed E-state index contributed by atoms with van der Waals surface area (Å²) in [7, 11) is 0. The second-order valence-electron chi connectivity index (χ2n) is 5.01. The van der Waals surface area contributed by atoms with E-state index in [4.69, 9.17) is 0 Å². The van der Waals surface area contributed by atoms with Crippen molar-refractivity contribution in [2.75, 3.05) is 5.32 Å². The predicted molar refractivity (Wildman–Crippen MR) is 78.8 cm³/mol. The van der Waals surface area contributed by atoms with Crippen LogP contribution in [0.2, 0.25) is 0 Å². The van der Waals surface area contributed by atoms with Gasteiger partial charge in [-0.2, -0.15) is 0 Å². The number of nitrogens with one attached hydrogen (secondary N) is 1. The van der Waals surface area contributed by atoms with Crippen LogP contribution >= 0.6 is 15.9 Å². The number of unbranched alkanes of at least 4 members (excludes halogenated alkanes) is 1. The molecule has 0 saturated heterocycles. The quantitative estimate of drug-likeness (QED) is 0.839. The van der Waals surface area contributed by atoms with Crippen molar-refractivity contribution in [3.05, 3.63) is 28.2 Å². The standard InChI is InChI=1S/C15H20BrNO/c1-3-5-6-10(4-2)14-12-9-11(16)7-8-13(12)17-15(14)18/h7-10,14H,3-6H2,1-2H3,(H,17,18). The molecule has 1 heterocycles. The Morgan fingerprint density at radius 3 is 2.83 bits per heavy atom. The Hall–Kier alpha value is -0.830. The van der Waals surface area contributed by atoms with Crippen molar-refractivity contribution in [2.45, 2.75) is 45.4 Å². The Bertz CT molecular complexity index is 444. The number of benzene rings is 1. The van der Waals surface area contributed by atoms with E-state index in [1.807, 2.05) is 12.1 Å². The predicted octanol–water partition coefficient (Wildman–Crippen LogP) is 4.70. The molecule has 2 unspecified atom stereocenters. The van der Waals surface area contributed by atoms with Gasteiger partial charge in [0.1, 0.15) is 0 Å². The highest BCUT2D eigenvalue weighted by atomic mass is 79.9. The molecule has 1 amide bonds. The number of rotatable bonds is 5. The zero-order valence-electron chi connectivity index (χ0n) is 11.0. The molecule has 3 heteroatoms. The van der Waals surface area contributed by atoms with Gasteiger partial charge in [0, 0.05) is 10.2 Å². The zero-order chi connectivity index (χ0) is 13.1. The van der Waals surface area contributed by atoms with E-state index in [0.29, 0.717) is 5.92 Å². The lowest BCUT2D eigenvalue weighted by molar-refractivity contribution is -0.118. The van der Waals surface area contributed by atoms with E-state index >= 15 is 0 Å². The minimum Gasteiger partial charge on any atom is -0.325 e. The Labute approximate surface area is 117 Å². The molecule has 0 fully saturated rings. The molecule has 1 N–H and O–H groups in total. The second-order valence-corrected chi connectivity index (χ2v) is 5.92. The van der Waals surface area contributed by atoms with Crippen LogP contribution < -0.4 is 5.32 Å². The van der Waals surface area contributed by atoms with Gasteiger partial charge < -0.3 is 5.32 Å². The molecule has 0 bridgehead atoms. The maximum Gasteiger partial charge on any atom is 0.232 e. The summed E-state index contributed by atoms with van der Waals surface area (Å²) in [6.45, 7) is 4.38. The molecule has 0 aromatic heterocycles. The molecule has 98 valence electrons. The summed E-state index contributed by atoms with van der Waals surface area (Å²) in [6, 6.07) is 6.06. The first-order valence-electron chi connectivity index (χ1n) is 6.77. The molecular weight excluding hydrogens is 290 g/mol. The van der Waals surface area contributed by atoms with Gasteiger partial charge >= 0.3 is 0 Å². The van der Waals surface area contributed by atoms with Gasteiger partial charge in [-0.25, -0.2) is 0 Å². The monoisotopic (exact) mass is 309 g/mol. The lowest BCUT2D eigenvalue weighted by Crippen LogP contribution is -2.20. The summed E-state index contributed by atoms with van der Waals surface area (Å²) in [6.07, 6.45) is 4.59. The van der Waals surface area contributed by atoms with Gasteiger partial charge in [-0.05, 0) is 36.1 Å². The number of fused-ring (bicyclic) bond motifs is 1. The van der Waals surface area contributed by atoms with Crippen molar-refractivity contribution in [1.29, 1.82) is 0 Å². The molecular formula is C15H20BrNO. The van der Waals surface area contributed by atoms with Crippen LogP contribution in [0.1, 0.15) is 51.0 Å². The largest absolute Gasteiger partial charge is 0.325 e. The van der Waals surface area contributed by atoms with E-state index in [9.17, 15) is 4.79 Å². The Morgan fingerprint density at radius 1 is 1.39 bits per heavy atom. The van der Waals surface area contributed by atoms with E-state index in [2.05, 4.69) is 41.2 Å². The van der Waals surface area contributed by atoms with Crippen LogP contribution in [0.25, 0.3) is 0 Å². The van der Waals surface area contributed by atoms with Crippen molar-refractivity contribution in [3.8, 4) is 0 Å². The third-order valence-electron chi connectivity index (χ3n) is 3.81. The number of hydrogen-bond acceptors (Lipinski definition) is 1. The van der Waals surface area contributed by atoms with Crippen LogP contribution in [0.5, 0.6) is 0 Å². The Kier molecular flexibility index (Phi) is 4.44. The van der Waals surface area contributed by atoms with E-state index in [0.717, 1.165) is 28.6 Å². The van der Waals surface area contributed by atoms with Crippen molar-refractivity contribution < 1.29 is 4.79 Å². The number of amides is 1. The fourth-order valence-corrected chi connectivity index (χ4v) is 3.18. The fraction of sp³-hybridized carbons (Fsp3) is 0.533. The van der Waals surface area contributed by atoms with Gasteiger partial charge in [0.05, 0.1) is 5.92 Å². The molecule has 0 spiro atoms. The van der Waals surface area contributed by atoms with Gasteiger partial charge in [0.25, 0.3) is 0 Å². The Balaban J connectivity index is 2.27. The topological polar surface area (TPSA) is 29.1 Å². The average molecular weight is 310 g/mol. The number of halogens is 1. The highest BCUT2D eigenvalue weighted by Crippen LogP contribution is 2.41. The summed E-state index contributed by atoms with van der Waals surface area (Å²) in [5.41, 5.74) is 2.15. The second kappa shape index (κ2) is 5.87. The molecule has 1 aromatic rings. The summed E-state index contributed by atoms with van der Waals surface area (Å²) in [5.74, 6) is 0.667. The van der Waals surface area contributed by atoms with E-state index < -0.39 is 0 Å².